The molecule has 2 aromatic carbocycles. The zero-order valence-corrected chi connectivity index (χ0v) is 15.9. The first-order chi connectivity index (χ1) is 13.5. The third-order valence-corrected chi connectivity index (χ3v) is 3.86. The van der Waals surface area contributed by atoms with E-state index in [0.29, 0.717) is 12.0 Å². The summed E-state index contributed by atoms with van der Waals surface area (Å²) >= 11 is 0. The highest BCUT2D eigenvalue weighted by atomic mass is 16.6. The maximum Gasteiger partial charge on any atom is 0.315 e. The average Bonchev–Trinajstić information content (AvgIpc) is 2.71. The Kier molecular flexibility index (Phi) is 7.95. The summed E-state index contributed by atoms with van der Waals surface area (Å²) in [6.45, 7) is 2.16. The number of methoxy groups -OCH3 is 1. The van der Waals surface area contributed by atoms with Gasteiger partial charge in [-0.1, -0.05) is 43.7 Å². The molecule has 0 aliphatic carbocycles. The fraction of sp³-hybridized carbons (Fsp3) is 0.300. The molecule has 0 fully saturated rings. The largest absolute Gasteiger partial charge is 0.493 e. The Morgan fingerprint density at radius 1 is 1.29 bits per heavy atom. The molecule has 28 heavy (non-hydrogen) atoms. The first-order valence-corrected chi connectivity index (χ1v) is 8.90. The number of benzene rings is 2. The van der Waals surface area contributed by atoms with Crippen LogP contribution in [0, 0.1) is 10.1 Å². The predicted molar refractivity (Wildman–Crippen MR) is 106 cm³/mol. The van der Waals surface area contributed by atoms with E-state index in [4.69, 9.17) is 9.47 Å². The Labute approximate surface area is 163 Å². The van der Waals surface area contributed by atoms with Gasteiger partial charge in [0.25, 0.3) is 0 Å². The Bertz CT molecular complexity index is 837. The monoisotopic (exact) mass is 385 g/mol. The van der Waals surface area contributed by atoms with Crippen molar-refractivity contribution in [2.45, 2.75) is 32.8 Å². The standard InChI is InChI=1S/C20H23N3O5/c1-3-4-10-19(24)22-21-13-16-11-17(23(25)26)20(18(12-16)27-2)28-14-15-8-6-5-7-9-15/h5-9,11-13H,3-4,10,14H2,1-2H3,(H,22,24)/b21-13+. The molecule has 0 radical (unpaired) electrons. The summed E-state index contributed by atoms with van der Waals surface area (Å²) in [4.78, 5) is 22.6. The summed E-state index contributed by atoms with van der Waals surface area (Å²) in [5.41, 5.74) is 3.44. The lowest BCUT2D eigenvalue weighted by atomic mass is 10.1. The number of hydrogen-bond donors (Lipinski definition) is 1. The number of amides is 1. The summed E-state index contributed by atoms with van der Waals surface area (Å²) in [7, 11) is 1.40. The van der Waals surface area contributed by atoms with Crippen LogP contribution >= 0.6 is 0 Å². The van der Waals surface area contributed by atoms with Crippen molar-refractivity contribution in [3.63, 3.8) is 0 Å². The van der Waals surface area contributed by atoms with E-state index < -0.39 is 4.92 Å². The van der Waals surface area contributed by atoms with E-state index in [1.54, 1.807) is 6.07 Å². The second-order valence-electron chi connectivity index (χ2n) is 6.00. The molecule has 148 valence electrons. The van der Waals surface area contributed by atoms with E-state index in [2.05, 4.69) is 10.5 Å². The quantitative estimate of drug-likeness (QED) is 0.380. The van der Waals surface area contributed by atoms with Gasteiger partial charge in [0.2, 0.25) is 11.7 Å². The van der Waals surface area contributed by atoms with E-state index in [-0.39, 0.29) is 29.7 Å². The summed E-state index contributed by atoms with van der Waals surface area (Å²) in [5.74, 6) is 0.0479. The van der Waals surface area contributed by atoms with E-state index >= 15 is 0 Å². The molecule has 0 heterocycles. The maximum absolute atomic E-state index is 11.6. The highest BCUT2D eigenvalue weighted by molar-refractivity contribution is 5.85. The first kappa shape index (κ1) is 20.9. The molecular formula is C20H23N3O5. The van der Waals surface area contributed by atoms with Crippen LogP contribution in [0.5, 0.6) is 11.5 Å². The van der Waals surface area contributed by atoms with Crippen molar-refractivity contribution in [2.75, 3.05) is 7.11 Å². The number of nitrogens with one attached hydrogen (secondary N) is 1. The number of ether oxygens (including phenoxy) is 2. The van der Waals surface area contributed by atoms with E-state index in [1.807, 2.05) is 37.3 Å². The van der Waals surface area contributed by atoms with Gasteiger partial charge in [0.15, 0.2) is 5.75 Å². The minimum absolute atomic E-state index is 0.0421. The van der Waals surface area contributed by atoms with Crippen LogP contribution in [0.2, 0.25) is 0 Å². The number of nitrogens with zero attached hydrogens (tertiary/aromatic N) is 2. The van der Waals surface area contributed by atoms with Gasteiger partial charge in [0.05, 0.1) is 18.2 Å². The molecule has 0 atom stereocenters. The van der Waals surface area contributed by atoms with Gasteiger partial charge >= 0.3 is 5.69 Å². The molecule has 0 spiro atoms. The number of hydrazone groups is 1. The van der Waals surface area contributed by atoms with Gasteiger partial charge in [-0.25, -0.2) is 5.43 Å². The molecule has 8 nitrogen and oxygen atoms in total. The normalized spacial score (nSPS) is 10.6. The average molecular weight is 385 g/mol. The van der Waals surface area contributed by atoms with Gasteiger partial charge in [0, 0.05) is 18.1 Å². The fourth-order valence-electron chi connectivity index (χ4n) is 2.42. The van der Waals surface area contributed by atoms with Crippen LogP contribution in [0.3, 0.4) is 0 Å². The number of rotatable bonds is 10. The number of nitro benzene ring substituents is 1. The fourth-order valence-corrected chi connectivity index (χ4v) is 2.42. The van der Waals surface area contributed by atoms with Crippen molar-refractivity contribution >= 4 is 17.8 Å². The second kappa shape index (κ2) is 10.7. The third-order valence-electron chi connectivity index (χ3n) is 3.86. The highest BCUT2D eigenvalue weighted by Crippen LogP contribution is 2.38. The smallest absolute Gasteiger partial charge is 0.315 e. The molecule has 0 unspecified atom stereocenters. The van der Waals surface area contributed by atoms with Crippen LogP contribution in [-0.2, 0) is 11.4 Å². The molecule has 0 aliphatic heterocycles. The minimum Gasteiger partial charge on any atom is -0.493 e. The molecule has 0 saturated carbocycles. The lowest BCUT2D eigenvalue weighted by Gasteiger charge is -2.12. The lowest BCUT2D eigenvalue weighted by Crippen LogP contribution is -2.16. The number of unbranched alkanes of at least 4 members (excludes halogenated alkanes) is 1. The van der Waals surface area contributed by atoms with Crippen LogP contribution in [0.1, 0.15) is 37.3 Å². The predicted octanol–water partition coefficient (Wildman–Crippen LogP) is 3.82. The van der Waals surface area contributed by atoms with Gasteiger partial charge < -0.3 is 9.47 Å². The molecule has 0 saturated heterocycles. The van der Waals surface area contributed by atoms with Crippen LogP contribution in [-0.4, -0.2) is 24.2 Å². The van der Waals surface area contributed by atoms with E-state index in [0.717, 1.165) is 18.4 Å². The van der Waals surface area contributed by atoms with Crippen molar-refractivity contribution in [3.8, 4) is 11.5 Å². The van der Waals surface area contributed by atoms with Gasteiger partial charge in [-0.05, 0) is 18.1 Å². The summed E-state index contributed by atoms with van der Waals surface area (Å²) in [5, 5.41) is 15.4. The van der Waals surface area contributed by atoms with Gasteiger partial charge in [0.1, 0.15) is 6.61 Å². The summed E-state index contributed by atoms with van der Waals surface area (Å²) in [6.07, 6.45) is 3.39. The topological polar surface area (TPSA) is 103 Å². The number of hydrogen-bond acceptors (Lipinski definition) is 6. The Balaban J connectivity index is 2.19. The zero-order chi connectivity index (χ0) is 20.4. The molecule has 1 N–H and O–H groups in total. The number of nitro groups is 1. The molecule has 2 aromatic rings. The number of carbonyl (C=O) groups excluding carboxylic acids is 1. The van der Waals surface area contributed by atoms with Crippen molar-refractivity contribution in [1.29, 1.82) is 0 Å². The SMILES string of the molecule is CCCCC(=O)N/N=C/c1cc(OC)c(OCc2ccccc2)c([N+](=O)[O-])c1. The molecule has 2 rings (SSSR count). The summed E-state index contributed by atoms with van der Waals surface area (Å²) < 4.78 is 10.9. The zero-order valence-electron chi connectivity index (χ0n) is 15.9. The minimum atomic E-state index is -0.542. The van der Waals surface area contributed by atoms with Gasteiger partial charge in [-0.2, -0.15) is 5.10 Å². The van der Waals surface area contributed by atoms with Crippen LogP contribution < -0.4 is 14.9 Å². The van der Waals surface area contributed by atoms with E-state index in [1.165, 1.54) is 19.4 Å². The molecule has 1 amide bonds. The molecular weight excluding hydrogens is 362 g/mol. The second-order valence-corrected chi connectivity index (χ2v) is 6.00. The van der Waals surface area contributed by atoms with Crippen molar-refractivity contribution in [1.82, 2.24) is 5.43 Å². The Morgan fingerprint density at radius 2 is 2.04 bits per heavy atom. The first-order valence-electron chi connectivity index (χ1n) is 8.90. The van der Waals surface area contributed by atoms with Crippen molar-refractivity contribution in [2.24, 2.45) is 5.10 Å². The Hall–Kier alpha value is -3.42. The molecule has 0 bridgehead atoms. The van der Waals surface area contributed by atoms with Crippen molar-refractivity contribution in [3.05, 3.63) is 63.7 Å². The van der Waals surface area contributed by atoms with Crippen LogP contribution in [0.25, 0.3) is 0 Å². The lowest BCUT2D eigenvalue weighted by molar-refractivity contribution is -0.386. The third kappa shape index (κ3) is 6.08. The van der Waals surface area contributed by atoms with Crippen molar-refractivity contribution < 1.29 is 19.2 Å². The number of carbonyl (C=O) groups is 1. The maximum atomic E-state index is 11.6. The van der Waals surface area contributed by atoms with Crippen LogP contribution in [0.4, 0.5) is 5.69 Å². The Morgan fingerprint density at radius 3 is 2.68 bits per heavy atom. The van der Waals surface area contributed by atoms with Crippen LogP contribution in [0.15, 0.2) is 47.6 Å². The van der Waals surface area contributed by atoms with Gasteiger partial charge in [-0.15, -0.1) is 0 Å². The molecule has 0 aromatic heterocycles. The molecule has 0 aliphatic rings. The summed E-state index contributed by atoms with van der Waals surface area (Å²) in [6, 6.07) is 12.2. The molecule has 8 heteroatoms. The van der Waals surface area contributed by atoms with Gasteiger partial charge in [-0.3, -0.25) is 14.9 Å². The van der Waals surface area contributed by atoms with E-state index in [9.17, 15) is 14.9 Å². The highest BCUT2D eigenvalue weighted by Gasteiger charge is 2.22.